The van der Waals surface area contributed by atoms with Gasteiger partial charge in [-0.3, -0.25) is 0 Å². The van der Waals surface area contributed by atoms with Gasteiger partial charge in [-0.2, -0.15) is 0 Å². The highest BCUT2D eigenvalue weighted by Crippen LogP contribution is 2.23. The van der Waals surface area contributed by atoms with E-state index in [2.05, 4.69) is 0 Å². The van der Waals surface area contributed by atoms with Gasteiger partial charge in [0, 0.05) is 12.0 Å². The second-order valence-corrected chi connectivity index (χ2v) is 5.21. The first-order valence-electron chi connectivity index (χ1n) is 4.09. The van der Waals surface area contributed by atoms with Gasteiger partial charge in [-0.15, -0.1) is 22.9 Å². The van der Waals surface area contributed by atoms with Crippen molar-refractivity contribution in [1.82, 2.24) is 0 Å². The quantitative estimate of drug-likeness (QED) is 0.713. The number of thiophene rings is 1. The smallest absolute Gasteiger partial charge is 0.0931 e. The molecule has 0 aromatic carbocycles. The lowest BCUT2D eigenvalue weighted by molar-refractivity contribution is 0.195. The third-order valence-corrected chi connectivity index (χ3v) is 3.32. The van der Waals surface area contributed by atoms with Crippen molar-refractivity contribution < 1.29 is 4.74 Å². The largest absolute Gasteiger partial charge is 0.383 e. The molecule has 0 aliphatic rings. The second-order valence-electron chi connectivity index (χ2n) is 2.80. The third kappa shape index (κ3) is 4.32. The van der Waals surface area contributed by atoms with Gasteiger partial charge >= 0.3 is 0 Å². The van der Waals surface area contributed by atoms with Crippen LogP contribution in [0.15, 0.2) is 12.1 Å². The van der Waals surface area contributed by atoms with Gasteiger partial charge in [-0.25, -0.2) is 0 Å². The van der Waals surface area contributed by atoms with Crippen LogP contribution in [-0.4, -0.2) is 19.1 Å². The van der Waals surface area contributed by atoms with Gasteiger partial charge in [0.15, 0.2) is 0 Å². The average Bonchev–Trinajstić information content (AvgIpc) is 2.49. The van der Waals surface area contributed by atoms with Crippen molar-refractivity contribution in [3.8, 4) is 0 Å². The minimum absolute atomic E-state index is 0.103. The molecule has 1 atom stereocenters. The molecule has 0 aliphatic carbocycles. The van der Waals surface area contributed by atoms with E-state index in [1.807, 2.05) is 12.1 Å². The fourth-order valence-corrected chi connectivity index (χ4v) is 2.39. The summed E-state index contributed by atoms with van der Waals surface area (Å²) in [5.41, 5.74) is 0. The standard InChI is InChI=1S/C9H12Cl2OS/c1-12-6-7(10)2-3-8-4-5-9(11)13-8/h4-5,7H,2-3,6H2,1H3. The number of methoxy groups -OCH3 is 1. The van der Waals surface area contributed by atoms with Crippen LogP contribution in [-0.2, 0) is 11.2 Å². The van der Waals surface area contributed by atoms with Crippen molar-refractivity contribution in [1.29, 1.82) is 0 Å². The highest BCUT2D eigenvalue weighted by Gasteiger charge is 2.05. The lowest BCUT2D eigenvalue weighted by Gasteiger charge is -2.05. The first kappa shape index (κ1) is 11.3. The molecule has 0 spiro atoms. The number of ether oxygens (including phenoxy) is 1. The number of alkyl halides is 1. The minimum atomic E-state index is 0.103. The van der Waals surface area contributed by atoms with E-state index in [9.17, 15) is 0 Å². The maximum Gasteiger partial charge on any atom is 0.0931 e. The number of rotatable bonds is 5. The summed E-state index contributed by atoms with van der Waals surface area (Å²) in [6.45, 7) is 0.612. The normalized spacial score (nSPS) is 13.2. The molecule has 74 valence electrons. The molecule has 0 saturated heterocycles. The van der Waals surface area contributed by atoms with Crippen molar-refractivity contribution in [2.75, 3.05) is 13.7 Å². The first-order valence-corrected chi connectivity index (χ1v) is 5.72. The van der Waals surface area contributed by atoms with E-state index in [-0.39, 0.29) is 5.38 Å². The maximum atomic E-state index is 5.98. The molecule has 0 fully saturated rings. The second kappa shape index (κ2) is 5.86. The van der Waals surface area contributed by atoms with Crippen LogP contribution in [0.2, 0.25) is 4.34 Å². The molecule has 4 heteroatoms. The lowest BCUT2D eigenvalue weighted by atomic mass is 10.2. The Labute approximate surface area is 92.6 Å². The van der Waals surface area contributed by atoms with Crippen LogP contribution in [0.1, 0.15) is 11.3 Å². The summed E-state index contributed by atoms with van der Waals surface area (Å²) in [7, 11) is 1.66. The summed E-state index contributed by atoms with van der Waals surface area (Å²) in [4.78, 5) is 1.28. The van der Waals surface area contributed by atoms with Gasteiger partial charge < -0.3 is 4.74 Å². The molecule has 0 N–H and O–H groups in total. The van der Waals surface area contributed by atoms with Gasteiger partial charge in [-0.1, -0.05) is 11.6 Å². The zero-order valence-electron chi connectivity index (χ0n) is 7.43. The predicted octanol–water partition coefficient (Wildman–Crippen LogP) is 3.59. The van der Waals surface area contributed by atoms with E-state index in [0.717, 1.165) is 17.2 Å². The molecular weight excluding hydrogens is 227 g/mol. The van der Waals surface area contributed by atoms with E-state index in [1.165, 1.54) is 4.88 Å². The van der Waals surface area contributed by atoms with E-state index in [4.69, 9.17) is 27.9 Å². The predicted molar refractivity (Wildman–Crippen MR) is 59.2 cm³/mol. The van der Waals surface area contributed by atoms with Crippen LogP contribution in [0, 0.1) is 0 Å². The third-order valence-electron chi connectivity index (χ3n) is 1.68. The van der Waals surface area contributed by atoms with Gasteiger partial charge in [0.25, 0.3) is 0 Å². The molecule has 0 amide bonds. The van der Waals surface area contributed by atoms with Crippen LogP contribution in [0.3, 0.4) is 0 Å². The SMILES string of the molecule is COCC(Cl)CCc1ccc(Cl)s1. The van der Waals surface area contributed by atoms with Crippen molar-refractivity contribution in [3.05, 3.63) is 21.3 Å². The highest BCUT2D eigenvalue weighted by atomic mass is 35.5. The molecule has 1 nitrogen and oxygen atoms in total. The molecule has 0 radical (unpaired) electrons. The van der Waals surface area contributed by atoms with Crippen molar-refractivity contribution in [3.63, 3.8) is 0 Å². The van der Waals surface area contributed by atoms with E-state index >= 15 is 0 Å². The summed E-state index contributed by atoms with van der Waals surface area (Å²) in [5.74, 6) is 0. The zero-order valence-corrected chi connectivity index (χ0v) is 9.75. The molecule has 0 saturated carbocycles. The number of halogens is 2. The summed E-state index contributed by atoms with van der Waals surface area (Å²) >= 11 is 13.4. The highest BCUT2D eigenvalue weighted by molar-refractivity contribution is 7.16. The van der Waals surface area contributed by atoms with Gasteiger partial charge in [0.2, 0.25) is 0 Å². The molecule has 0 aliphatic heterocycles. The van der Waals surface area contributed by atoms with Gasteiger partial charge in [0.05, 0.1) is 16.3 Å². The fraction of sp³-hybridized carbons (Fsp3) is 0.556. The Morgan fingerprint density at radius 3 is 2.85 bits per heavy atom. The Kier molecular flexibility index (Phi) is 5.10. The van der Waals surface area contributed by atoms with E-state index in [0.29, 0.717) is 6.61 Å². The van der Waals surface area contributed by atoms with Crippen molar-refractivity contribution >= 4 is 34.5 Å². The van der Waals surface area contributed by atoms with E-state index in [1.54, 1.807) is 18.4 Å². The van der Waals surface area contributed by atoms with Crippen LogP contribution >= 0.6 is 34.5 Å². The Morgan fingerprint density at radius 2 is 2.31 bits per heavy atom. The Balaban J connectivity index is 2.26. The Hall–Kier alpha value is 0.240. The molecule has 1 heterocycles. The maximum absolute atomic E-state index is 5.98. The lowest BCUT2D eigenvalue weighted by Crippen LogP contribution is -2.07. The minimum Gasteiger partial charge on any atom is -0.383 e. The molecule has 1 unspecified atom stereocenters. The molecule has 1 rings (SSSR count). The summed E-state index contributed by atoms with van der Waals surface area (Å²) in [5, 5.41) is 0.103. The molecule has 1 aromatic rings. The summed E-state index contributed by atoms with van der Waals surface area (Å²) in [6, 6.07) is 3.96. The summed E-state index contributed by atoms with van der Waals surface area (Å²) in [6.07, 6.45) is 1.92. The molecule has 13 heavy (non-hydrogen) atoms. The zero-order chi connectivity index (χ0) is 9.68. The molecule has 0 bridgehead atoms. The number of hydrogen-bond donors (Lipinski definition) is 0. The summed E-state index contributed by atoms with van der Waals surface area (Å²) < 4.78 is 5.78. The number of aryl methyl sites for hydroxylation is 1. The number of hydrogen-bond acceptors (Lipinski definition) is 2. The van der Waals surface area contributed by atoms with Crippen LogP contribution in [0.5, 0.6) is 0 Å². The van der Waals surface area contributed by atoms with Crippen LogP contribution in [0.25, 0.3) is 0 Å². The van der Waals surface area contributed by atoms with Gasteiger partial charge in [0.1, 0.15) is 0 Å². The molecular formula is C9H12Cl2OS. The van der Waals surface area contributed by atoms with Crippen LogP contribution < -0.4 is 0 Å². The fourth-order valence-electron chi connectivity index (χ4n) is 1.05. The Morgan fingerprint density at radius 1 is 1.54 bits per heavy atom. The molecule has 1 aromatic heterocycles. The van der Waals surface area contributed by atoms with Crippen LogP contribution in [0.4, 0.5) is 0 Å². The topological polar surface area (TPSA) is 9.23 Å². The van der Waals surface area contributed by atoms with E-state index < -0.39 is 0 Å². The first-order chi connectivity index (χ1) is 6.22. The monoisotopic (exact) mass is 238 g/mol. The van der Waals surface area contributed by atoms with Crippen molar-refractivity contribution in [2.45, 2.75) is 18.2 Å². The van der Waals surface area contributed by atoms with Gasteiger partial charge in [-0.05, 0) is 25.0 Å². The average molecular weight is 239 g/mol. The Bertz CT molecular complexity index is 250. The van der Waals surface area contributed by atoms with Crippen molar-refractivity contribution in [2.24, 2.45) is 0 Å².